The van der Waals surface area contributed by atoms with Gasteiger partial charge in [0.05, 0.1) is 11.8 Å². The number of hydrogen-bond acceptors (Lipinski definition) is 4. The number of nitrogens with zero attached hydrogens (tertiary/aromatic N) is 1. The molecule has 130 valence electrons. The van der Waals surface area contributed by atoms with Crippen LogP contribution in [0.25, 0.3) is 0 Å². The Labute approximate surface area is 150 Å². The van der Waals surface area contributed by atoms with Gasteiger partial charge in [0.1, 0.15) is 5.75 Å². The number of halogens is 1. The molecule has 0 aliphatic carbocycles. The zero-order valence-corrected chi connectivity index (χ0v) is 14.4. The minimum Gasteiger partial charge on any atom is -0.478 e. The number of aromatic carboxylic acids is 1. The zero-order valence-electron chi connectivity index (χ0n) is 13.7. The Hall–Kier alpha value is -2.86. The van der Waals surface area contributed by atoms with E-state index in [1.807, 2.05) is 0 Å². The number of carbonyl (C=O) groups is 2. The van der Waals surface area contributed by atoms with E-state index in [1.54, 1.807) is 56.3 Å². The van der Waals surface area contributed by atoms with E-state index in [0.29, 0.717) is 16.3 Å². The first-order chi connectivity index (χ1) is 11.8. The summed E-state index contributed by atoms with van der Waals surface area (Å²) in [4.78, 5) is 23.4. The van der Waals surface area contributed by atoms with Crippen LogP contribution >= 0.6 is 11.6 Å². The summed E-state index contributed by atoms with van der Waals surface area (Å²) in [5.41, 5.74) is 1.65. The van der Waals surface area contributed by atoms with Gasteiger partial charge in [-0.2, -0.15) is 5.10 Å². The van der Waals surface area contributed by atoms with Crippen LogP contribution < -0.4 is 10.2 Å². The van der Waals surface area contributed by atoms with Crippen molar-refractivity contribution in [2.75, 3.05) is 0 Å². The van der Waals surface area contributed by atoms with Crippen molar-refractivity contribution >= 4 is 29.7 Å². The lowest BCUT2D eigenvalue weighted by molar-refractivity contribution is -0.134. The highest BCUT2D eigenvalue weighted by atomic mass is 35.5. The Bertz CT molecular complexity index is 801. The second-order valence-corrected chi connectivity index (χ2v) is 6.09. The van der Waals surface area contributed by atoms with Gasteiger partial charge in [0.15, 0.2) is 5.60 Å². The van der Waals surface area contributed by atoms with Crippen LogP contribution in [-0.2, 0) is 4.79 Å². The van der Waals surface area contributed by atoms with Gasteiger partial charge in [-0.3, -0.25) is 4.79 Å². The van der Waals surface area contributed by atoms with Crippen LogP contribution in [0.5, 0.6) is 5.75 Å². The first-order valence-electron chi connectivity index (χ1n) is 7.40. The average Bonchev–Trinajstić information content (AvgIpc) is 2.57. The Morgan fingerprint density at radius 2 is 1.80 bits per heavy atom. The summed E-state index contributed by atoms with van der Waals surface area (Å²) in [7, 11) is 0. The molecule has 7 heteroatoms. The summed E-state index contributed by atoms with van der Waals surface area (Å²) in [6.07, 6.45) is 1.28. The molecule has 2 aromatic rings. The Balaban J connectivity index is 2.03. The minimum absolute atomic E-state index is 0.0946. The Kier molecular flexibility index (Phi) is 5.77. The van der Waals surface area contributed by atoms with Crippen molar-refractivity contribution in [1.82, 2.24) is 5.43 Å². The molecule has 25 heavy (non-hydrogen) atoms. The van der Waals surface area contributed by atoms with Gasteiger partial charge >= 0.3 is 5.97 Å². The number of ether oxygens (including phenoxy) is 1. The third kappa shape index (κ3) is 5.06. The Morgan fingerprint density at radius 1 is 1.16 bits per heavy atom. The summed E-state index contributed by atoms with van der Waals surface area (Å²) in [5, 5.41) is 13.5. The molecule has 0 aromatic heterocycles. The molecule has 0 unspecified atom stereocenters. The molecule has 2 N–H and O–H groups in total. The van der Waals surface area contributed by atoms with Crippen LogP contribution in [0.15, 0.2) is 53.6 Å². The molecule has 6 nitrogen and oxygen atoms in total. The topological polar surface area (TPSA) is 88.0 Å². The number of nitrogens with one attached hydrogen (secondary N) is 1. The Morgan fingerprint density at radius 3 is 2.44 bits per heavy atom. The molecule has 0 atom stereocenters. The molecule has 0 radical (unpaired) electrons. The first-order valence-corrected chi connectivity index (χ1v) is 7.78. The summed E-state index contributed by atoms with van der Waals surface area (Å²) >= 11 is 5.81. The molecule has 0 bridgehead atoms. The number of amides is 1. The van der Waals surface area contributed by atoms with E-state index < -0.39 is 17.5 Å². The lowest BCUT2D eigenvalue weighted by Crippen LogP contribution is -2.44. The normalized spacial score (nSPS) is 11.3. The average molecular weight is 361 g/mol. The fraction of sp³-hybridized carbons (Fsp3) is 0.167. The smallest absolute Gasteiger partial charge is 0.336 e. The SMILES string of the molecule is CC(C)(Oc1ccc(Cl)cc1)C(=O)N/N=C\c1ccccc1C(=O)O. The lowest BCUT2D eigenvalue weighted by atomic mass is 10.1. The van der Waals surface area contributed by atoms with Crippen LogP contribution in [0.3, 0.4) is 0 Å². The van der Waals surface area contributed by atoms with Gasteiger partial charge in [-0.15, -0.1) is 0 Å². The third-order valence-electron chi connectivity index (χ3n) is 3.29. The van der Waals surface area contributed by atoms with E-state index >= 15 is 0 Å². The van der Waals surface area contributed by atoms with Gasteiger partial charge in [0, 0.05) is 10.6 Å². The van der Waals surface area contributed by atoms with Crippen LogP contribution in [0.1, 0.15) is 29.8 Å². The van der Waals surface area contributed by atoms with Crippen molar-refractivity contribution in [2.24, 2.45) is 5.10 Å². The lowest BCUT2D eigenvalue weighted by Gasteiger charge is -2.24. The molecule has 0 spiro atoms. The molecule has 0 heterocycles. The summed E-state index contributed by atoms with van der Waals surface area (Å²) in [6.45, 7) is 3.19. The summed E-state index contributed by atoms with van der Waals surface area (Å²) in [6, 6.07) is 13.0. The van der Waals surface area contributed by atoms with Crippen LogP contribution in [0, 0.1) is 0 Å². The second-order valence-electron chi connectivity index (χ2n) is 5.66. The highest BCUT2D eigenvalue weighted by Gasteiger charge is 2.29. The van der Waals surface area contributed by atoms with Gasteiger partial charge in [0.25, 0.3) is 5.91 Å². The molecule has 0 aliphatic rings. The van der Waals surface area contributed by atoms with E-state index in [0.717, 1.165) is 0 Å². The standard InChI is InChI=1S/C18H17ClN2O4/c1-18(2,25-14-9-7-13(19)8-10-14)17(24)21-20-11-12-5-3-4-6-15(12)16(22)23/h3-11H,1-2H3,(H,21,24)(H,22,23)/b20-11-. The van der Waals surface area contributed by atoms with E-state index in [1.165, 1.54) is 12.3 Å². The van der Waals surface area contributed by atoms with Gasteiger partial charge in [-0.05, 0) is 44.2 Å². The van der Waals surface area contributed by atoms with Crippen molar-refractivity contribution in [3.63, 3.8) is 0 Å². The van der Waals surface area contributed by atoms with Gasteiger partial charge in [-0.25, -0.2) is 10.2 Å². The number of rotatable bonds is 6. The van der Waals surface area contributed by atoms with Gasteiger partial charge < -0.3 is 9.84 Å². The van der Waals surface area contributed by atoms with Crippen LogP contribution in [0.2, 0.25) is 5.02 Å². The van der Waals surface area contributed by atoms with Crippen molar-refractivity contribution in [3.8, 4) is 5.75 Å². The van der Waals surface area contributed by atoms with Gasteiger partial charge in [-0.1, -0.05) is 29.8 Å². The largest absolute Gasteiger partial charge is 0.478 e. The molecule has 0 fully saturated rings. The fourth-order valence-corrected chi connectivity index (χ4v) is 2.07. The molecular weight excluding hydrogens is 344 g/mol. The highest BCUT2D eigenvalue weighted by molar-refractivity contribution is 6.30. The number of carboxylic acids is 1. The van der Waals surface area contributed by atoms with E-state index in [2.05, 4.69) is 10.5 Å². The highest BCUT2D eigenvalue weighted by Crippen LogP contribution is 2.21. The number of carboxylic acid groups (broad SMARTS) is 1. The third-order valence-corrected chi connectivity index (χ3v) is 3.55. The molecule has 0 aliphatic heterocycles. The molecule has 1 amide bonds. The number of hydrogen-bond donors (Lipinski definition) is 2. The molecule has 0 saturated heterocycles. The predicted octanol–water partition coefficient (Wildman–Crippen LogP) is 3.35. The van der Waals surface area contributed by atoms with E-state index in [-0.39, 0.29) is 5.56 Å². The van der Waals surface area contributed by atoms with Crippen molar-refractivity contribution in [2.45, 2.75) is 19.4 Å². The zero-order chi connectivity index (χ0) is 18.4. The molecule has 0 saturated carbocycles. The maximum absolute atomic E-state index is 12.3. The predicted molar refractivity (Wildman–Crippen MR) is 95.3 cm³/mol. The molecular formula is C18H17ClN2O4. The van der Waals surface area contributed by atoms with Crippen molar-refractivity contribution in [1.29, 1.82) is 0 Å². The first kappa shape index (κ1) is 18.5. The maximum Gasteiger partial charge on any atom is 0.336 e. The second kappa shape index (κ2) is 7.81. The van der Waals surface area contributed by atoms with Crippen molar-refractivity contribution in [3.05, 3.63) is 64.7 Å². The minimum atomic E-state index is -1.18. The fourth-order valence-electron chi connectivity index (χ4n) is 1.94. The molecule has 2 rings (SSSR count). The van der Waals surface area contributed by atoms with E-state index in [9.17, 15) is 9.59 Å². The number of benzene rings is 2. The summed E-state index contributed by atoms with van der Waals surface area (Å²) in [5.74, 6) is -1.06. The number of carbonyl (C=O) groups excluding carboxylic acids is 1. The maximum atomic E-state index is 12.3. The molecule has 2 aromatic carbocycles. The van der Waals surface area contributed by atoms with E-state index in [4.69, 9.17) is 21.4 Å². The van der Waals surface area contributed by atoms with Crippen LogP contribution in [-0.4, -0.2) is 28.8 Å². The van der Waals surface area contributed by atoms with Crippen molar-refractivity contribution < 1.29 is 19.4 Å². The van der Waals surface area contributed by atoms with Gasteiger partial charge in [0.2, 0.25) is 0 Å². The number of hydrazone groups is 1. The van der Waals surface area contributed by atoms with Crippen LogP contribution in [0.4, 0.5) is 0 Å². The summed E-state index contributed by atoms with van der Waals surface area (Å²) < 4.78 is 5.64. The monoisotopic (exact) mass is 360 g/mol. The quantitative estimate of drug-likeness (QED) is 0.610.